The molecule has 0 saturated carbocycles. The molecule has 5 nitrogen and oxygen atoms in total. The van der Waals surface area contributed by atoms with E-state index in [9.17, 15) is 4.79 Å². The molecular weight excluding hydrogens is 356 g/mol. The lowest BCUT2D eigenvalue weighted by atomic mass is 9.93. The number of carbonyl (C=O) groups is 1. The molecule has 0 N–H and O–H groups in total. The van der Waals surface area contributed by atoms with Crippen LogP contribution in [0.15, 0.2) is 54.2 Å². The Labute approximate surface area is 163 Å². The smallest absolute Gasteiger partial charge is 0.227 e. The normalized spacial score (nSPS) is 15.2. The van der Waals surface area contributed by atoms with Gasteiger partial charge in [-0.25, -0.2) is 0 Å². The molecular formula is C21H24N4OS. The molecule has 1 aromatic carbocycles. The van der Waals surface area contributed by atoms with Gasteiger partial charge in [0.15, 0.2) is 0 Å². The maximum atomic E-state index is 12.5. The maximum Gasteiger partial charge on any atom is 0.227 e. The summed E-state index contributed by atoms with van der Waals surface area (Å²) in [7, 11) is 0. The van der Waals surface area contributed by atoms with E-state index in [1.54, 1.807) is 11.3 Å². The molecule has 3 heterocycles. The molecule has 0 aliphatic carbocycles. The monoisotopic (exact) mass is 380 g/mol. The van der Waals surface area contributed by atoms with Crippen molar-refractivity contribution in [2.24, 2.45) is 5.92 Å². The summed E-state index contributed by atoms with van der Waals surface area (Å²) in [5.74, 6) is 1.86. The summed E-state index contributed by atoms with van der Waals surface area (Å²) in [6.07, 6.45) is 5.36. The fraction of sp³-hybridized carbons (Fsp3) is 0.381. The van der Waals surface area contributed by atoms with Crippen molar-refractivity contribution in [3.63, 3.8) is 0 Å². The lowest BCUT2D eigenvalue weighted by molar-refractivity contribution is -0.131. The number of hydrogen-bond donors (Lipinski definition) is 0. The van der Waals surface area contributed by atoms with Crippen molar-refractivity contribution in [3.05, 3.63) is 70.4 Å². The van der Waals surface area contributed by atoms with Crippen molar-refractivity contribution in [3.8, 4) is 0 Å². The number of piperidine rings is 1. The largest absolute Gasteiger partial charge is 0.342 e. The van der Waals surface area contributed by atoms with Gasteiger partial charge in [-0.3, -0.25) is 4.79 Å². The molecule has 6 heteroatoms. The Morgan fingerprint density at radius 2 is 1.93 bits per heavy atom. The molecule has 1 aliphatic rings. The summed E-state index contributed by atoms with van der Waals surface area (Å²) in [5, 5.41) is 10.5. The first-order chi connectivity index (χ1) is 13.3. The standard InChI is InChI=1S/C21H24N4OS/c26-21(14-19-7-4-12-27-19)24-10-8-17(9-11-24)13-20-23-22-16-25(20)15-18-5-2-1-3-6-18/h1-7,12,16-17H,8-11,13-15H2. The van der Waals surface area contributed by atoms with E-state index in [2.05, 4.69) is 39.0 Å². The zero-order chi connectivity index (χ0) is 18.5. The van der Waals surface area contributed by atoms with Gasteiger partial charge < -0.3 is 9.47 Å². The van der Waals surface area contributed by atoms with Gasteiger partial charge in [0.2, 0.25) is 5.91 Å². The zero-order valence-corrected chi connectivity index (χ0v) is 16.1. The minimum absolute atomic E-state index is 0.253. The SMILES string of the molecule is O=C(Cc1cccs1)N1CCC(Cc2nncn2Cc2ccccc2)CC1. The molecule has 27 heavy (non-hydrogen) atoms. The maximum absolute atomic E-state index is 12.5. The van der Waals surface area contributed by atoms with Crippen molar-refractivity contribution in [2.75, 3.05) is 13.1 Å². The molecule has 1 aliphatic heterocycles. The van der Waals surface area contributed by atoms with Crippen LogP contribution >= 0.6 is 11.3 Å². The highest BCUT2D eigenvalue weighted by Gasteiger charge is 2.24. The van der Waals surface area contributed by atoms with Crippen LogP contribution in [0.3, 0.4) is 0 Å². The molecule has 1 fully saturated rings. The Bertz CT molecular complexity index is 851. The number of thiophene rings is 1. The molecule has 0 bridgehead atoms. The summed E-state index contributed by atoms with van der Waals surface area (Å²) in [5.41, 5.74) is 1.26. The van der Waals surface area contributed by atoms with Gasteiger partial charge in [0.05, 0.1) is 13.0 Å². The predicted octanol–water partition coefficient (Wildman–Crippen LogP) is 3.41. The van der Waals surface area contributed by atoms with E-state index in [-0.39, 0.29) is 5.91 Å². The molecule has 4 rings (SSSR count). The van der Waals surface area contributed by atoms with Crippen molar-refractivity contribution < 1.29 is 4.79 Å². The van der Waals surface area contributed by atoms with Gasteiger partial charge in [0, 0.05) is 24.4 Å². The highest BCUT2D eigenvalue weighted by molar-refractivity contribution is 7.10. The average Bonchev–Trinajstić information content (AvgIpc) is 3.36. The Balaban J connectivity index is 1.30. The number of likely N-dealkylation sites (tertiary alicyclic amines) is 1. The summed E-state index contributed by atoms with van der Waals surface area (Å²) in [4.78, 5) is 15.6. The predicted molar refractivity (Wildman–Crippen MR) is 107 cm³/mol. The topological polar surface area (TPSA) is 51.0 Å². The lowest BCUT2D eigenvalue weighted by Crippen LogP contribution is -2.39. The van der Waals surface area contributed by atoms with E-state index >= 15 is 0 Å². The Morgan fingerprint density at radius 1 is 1.11 bits per heavy atom. The quantitative estimate of drug-likeness (QED) is 0.658. The molecule has 2 aromatic heterocycles. The van der Waals surface area contributed by atoms with Gasteiger partial charge in [0.1, 0.15) is 12.2 Å². The number of benzene rings is 1. The molecule has 1 amide bonds. The number of nitrogens with zero attached hydrogens (tertiary/aromatic N) is 4. The zero-order valence-electron chi connectivity index (χ0n) is 15.3. The fourth-order valence-electron chi connectivity index (χ4n) is 3.67. The summed E-state index contributed by atoms with van der Waals surface area (Å²) in [6, 6.07) is 14.4. The molecule has 0 spiro atoms. The van der Waals surface area contributed by atoms with Gasteiger partial charge in [-0.05, 0) is 35.8 Å². The van der Waals surface area contributed by atoms with Crippen LogP contribution in [0.5, 0.6) is 0 Å². The molecule has 0 radical (unpaired) electrons. The summed E-state index contributed by atoms with van der Waals surface area (Å²) < 4.78 is 2.14. The first-order valence-electron chi connectivity index (χ1n) is 9.48. The van der Waals surface area contributed by atoms with Gasteiger partial charge >= 0.3 is 0 Å². The Hall–Kier alpha value is -2.47. The number of carbonyl (C=O) groups excluding carboxylic acids is 1. The minimum atomic E-state index is 0.253. The third-order valence-electron chi connectivity index (χ3n) is 5.24. The van der Waals surface area contributed by atoms with Crippen LogP contribution in [0.4, 0.5) is 0 Å². The second-order valence-corrected chi connectivity index (χ2v) is 8.18. The van der Waals surface area contributed by atoms with Crippen LogP contribution in [0, 0.1) is 5.92 Å². The summed E-state index contributed by atoms with van der Waals surface area (Å²) >= 11 is 1.66. The van der Waals surface area contributed by atoms with Gasteiger partial charge in [-0.1, -0.05) is 36.4 Å². The molecule has 140 valence electrons. The number of amides is 1. The van der Waals surface area contributed by atoms with Gasteiger partial charge in [-0.2, -0.15) is 0 Å². The van der Waals surface area contributed by atoms with Gasteiger partial charge in [-0.15, -0.1) is 21.5 Å². The molecule has 1 saturated heterocycles. The highest BCUT2D eigenvalue weighted by Crippen LogP contribution is 2.22. The van der Waals surface area contributed by atoms with Crippen LogP contribution in [0.1, 0.15) is 29.1 Å². The highest BCUT2D eigenvalue weighted by atomic mass is 32.1. The number of hydrogen-bond acceptors (Lipinski definition) is 4. The Morgan fingerprint density at radius 3 is 2.67 bits per heavy atom. The van der Waals surface area contributed by atoms with E-state index in [1.165, 1.54) is 5.56 Å². The molecule has 3 aromatic rings. The van der Waals surface area contributed by atoms with Crippen LogP contribution in [-0.2, 0) is 24.2 Å². The third kappa shape index (κ3) is 4.63. The first kappa shape index (κ1) is 17.9. The number of aromatic nitrogens is 3. The van der Waals surface area contributed by atoms with Crippen molar-refractivity contribution in [1.82, 2.24) is 19.7 Å². The lowest BCUT2D eigenvalue weighted by Gasteiger charge is -2.32. The molecule has 0 atom stereocenters. The van der Waals surface area contributed by atoms with Crippen LogP contribution in [0.25, 0.3) is 0 Å². The third-order valence-corrected chi connectivity index (χ3v) is 6.11. The van der Waals surface area contributed by atoms with Crippen molar-refractivity contribution in [1.29, 1.82) is 0 Å². The summed E-state index contributed by atoms with van der Waals surface area (Å²) in [6.45, 7) is 2.50. The van der Waals surface area contributed by atoms with Crippen molar-refractivity contribution >= 4 is 17.2 Å². The van der Waals surface area contributed by atoms with E-state index in [0.29, 0.717) is 12.3 Å². The first-order valence-corrected chi connectivity index (χ1v) is 10.4. The second kappa shape index (κ2) is 8.48. The minimum Gasteiger partial charge on any atom is -0.342 e. The van der Waals surface area contributed by atoms with E-state index in [0.717, 1.165) is 49.6 Å². The van der Waals surface area contributed by atoms with Crippen LogP contribution in [-0.4, -0.2) is 38.7 Å². The average molecular weight is 381 g/mol. The van der Waals surface area contributed by atoms with Gasteiger partial charge in [0.25, 0.3) is 0 Å². The second-order valence-electron chi connectivity index (χ2n) is 7.15. The Kier molecular flexibility index (Phi) is 5.63. The van der Waals surface area contributed by atoms with Crippen molar-refractivity contribution in [2.45, 2.75) is 32.2 Å². The van der Waals surface area contributed by atoms with E-state index < -0.39 is 0 Å². The van der Waals surface area contributed by atoms with E-state index in [4.69, 9.17) is 0 Å². The van der Waals surface area contributed by atoms with E-state index in [1.807, 2.05) is 34.8 Å². The fourth-order valence-corrected chi connectivity index (χ4v) is 4.36. The molecule has 0 unspecified atom stereocenters. The number of rotatable bonds is 6. The van der Waals surface area contributed by atoms with Crippen LogP contribution in [0.2, 0.25) is 0 Å². The van der Waals surface area contributed by atoms with Crippen LogP contribution < -0.4 is 0 Å².